The van der Waals surface area contributed by atoms with Gasteiger partial charge in [-0.25, -0.2) is 9.97 Å². The quantitative estimate of drug-likeness (QED) is 0.797. The van der Waals surface area contributed by atoms with Gasteiger partial charge in [-0.3, -0.25) is 9.69 Å². The molecule has 2 aliphatic heterocycles. The van der Waals surface area contributed by atoms with E-state index < -0.39 is 0 Å². The molecular formula is C18H29N5O. The van der Waals surface area contributed by atoms with Gasteiger partial charge in [0.15, 0.2) is 0 Å². The summed E-state index contributed by atoms with van der Waals surface area (Å²) in [5.74, 6) is 1.09. The van der Waals surface area contributed by atoms with Gasteiger partial charge in [-0.15, -0.1) is 0 Å². The third-order valence-electron chi connectivity index (χ3n) is 5.12. The lowest BCUT2D eigenvalue weighted by Crippen LogP contribution is -2.55. The van der Waals surface area contributed by atoms with Crippen LogP contribution in [0, 0.1) is 0 Å². The highest BCUT2D eigenvalue weighted by molar-refractivity contribution is 5.82. The molecule has 0 aromatic carbocycles. The zero-order valence-corrected chi connectivity index (χ0v) is 14.9. The normalized spacial score (nSPS) is 22.4. The largest absolute Gasteiger partial charge is 0.343 e. The molecule has 6 heteroatoms. The number of aromatic nitrogens is 2. The van der Waals surface area contributed by atoms with Gasteiger partial charge in [0, 0.05) is 57.7 Å². The average Bonchev–Trinajstić information content (AvgIpc) is 3.13. The highest BCUT2D eigenvalue weighted by Gasteiger charge is 2.32. The number of carbonyl (C=O) groups is 1. The van der Waals surface area contributed by atoms with Crippen LogP contribution in [0.5, 0.6) is 0 Å². The fourth-order valence-electron chi connectivity index (χ4n) is 3.59. The first-order chi connectivity index (χ1) is 11.7. The third-order valence-corrected chi connectivity index (χ3v) is 5.12. The van der Waals surface area contributed by atoms with Crippen molar-refractivity contribution in [2.24, 2.45) is 0 Å². The molecule has 3 heterocycles. The summed E-state index contributed by atoms with van der Waals surface area (Å²) < 4.78 is 0. The smallest absolute Gasteiger partial charge is 0.239 e. The molecule has 1 unspecified atom stereocenters. The molecule has 6 nitrogen and oxygen atoms in total. The first kappa shape index (κ1) is 17.1. The average molecular weight is 331 g/mol. The molecular weight excluding hydrogens is 302 g/mol. The maximum atomic E-state index is 12.5. The van der Waals surface area contributed by atoms with Gasteiger partial charge < -0.3 is 9.80 Å². The molecule has 0 bridgehead atoms. The Labute approximate surface area is 144 Å². The zero-order valence-electron chi connectivity index (χ0n) is 14.9. The van der Waals surface area contributed by atoms with Crippen LogP contribution in [0.1, 0.15) is 44.6 Å². The molecule has 0 radical (unpaired) electrons. The minimum Gasteiger partial charge on any atom is -0.343 e. The van der Waals surface area contributed by atoms with E-state index in [1.807, 2.05) is 24.3 Å². The molecule has 1 aromatic heterocycles. The second-order valence-corrected chi connectivity index (χ2v) is 6.97. The molecule has 1 aromatic rings. The van der Waals surface area contributed by atoms with E-state index in [1.54, 1.807) is 0 Å². The van der Waals surface area contributed by atoms with Crippen LogP contribution in [-0.4, -0.2) is 64.9 Å². The van der Waals surface area contributed by atoms with Crippen molar-refractivity contribution in [1.29, 1.82) is 0 Å². The molecule has 2 aliphatic rings. The first-order valence-corrected chi connectivity index (χ1v) is 9.24. The molecule has 0 spiro atoms. The second kappa shape index (κ2) is 7.92. The Morgan fingerprint density at radius 1 is 1.12 bits per heavy atom. The fraction of sp³-hybridized carbons (Fsp3) is 0.722. The van der Waals surface area contributed by atoms with E-state index >= 15 is 0 Å². The van der Waals surface area contributed by atoms with E-state index in [2.05, 4.69) is 26.7 Å². The van der Waals surface area contributed by atoms with Gasteiger partial charge in [-0.1, -0.05) is 19.8 Å². The fourth-order valence-corrected chi connectivity index (χ4v) is 3.59. The first-order valence-electron chi connectivity index (χ1n) is 9.24. The standard InChI is InChI=1S/C18H29N5O/c1-3-4-7-16-17(24)21(2)10-11-23(16)14-15-12-19-18(20-13-15)22-8-5-6-9-22/h12-13,16H,3-11,14H2,1-2H3. The number of hydrogen-bond donors (Lipinski definition) is 0. The van der Waals surface area contributed by atoms with Crippen molar-refractivity contribution in [3.8, 4) is 0 Å². The van der Waals surface area contributed by atoms with Crippen molar-refractivity contribution in [2.75, 3.05) is 38.1 Å². The van der Waals surface area contributed by atoms with Gasteiger partial charge >= 0.3 is 0 Å². The van der Waals surface area contributed by atoms with E-state index in [1.165, 1.54) is 12.8 Å². The number of amides is 1. The van der Waals surface area contributed by atoms with Crippen molar-refractivity contribution < 1.29 is 4.79 Å². The van der Waals surface area contributed by atoms with Crippen LogP contribution in [-0.2, 0) is 11.3 Å². The summed E-state index contributed by atoms with van der Waals surface area (Å²) in [5.41, 5.74) is 1.09. The predicted molar refractivity (Wildman–Crippen MR) is 94.8 cm³/mol. The third kappa shape index (κ3) is 3.86. The van der Waals surface area contributed by atoms with Crippen LogP contribution in [0.2, 0.25) is 0 Å². The Kier molecular flexibility index (Phi) is 5.66. The number of nitrogens with zero attached hydrogens (tertiary/aromatic N) is 5. The van der Waals surface area contributed by atoms with E-state index in [0.717, 1.165) is 63.5 Å². The van der Waals surface area contributed by atoms with Crippen LogP contribution >= 0.6 is 0 Å². The Morgan fingerprint density at radius 2 is 1.83 bits per heavy atom. The van der Waals surface area contributed by atoms with Crippen LogP contribution in [0.15, 0.2) is 12.4 Å². The van der Waals surface area contributed by atoms with Crippen LogP contribution in [0.3, 0.4) is 0 Å². The van der Waals surface area contributed by atoms with E-state index in [-0.39, 0.29) is 11.9 Å². The number of carbonyl (C=O) groups excluding carboxylic acids is 1. The molecule has 2 saturated heterocycles. The monoisotopic (exact) mass is 331 g/mol. The van der Waals surface area contributed by atoms with Gasteiger partial charge in [-0.2, -0.15) is 0 Å². The SMILES string of the molecule is CCCCC1C(=O)N(C)CCN1Cc1cnc(N2CCCC2)nc1. The Balaban J connectivity index is 1.65. The molecule has 132 valence electrons. The summed E-state index contributed by atoms with van der Waals surface area (Å²) in [7, 11) is 1.91. The van der Waals surface area contributed by atoms with Gasteiger partial charge in [0.25, 0.3) is 0 Å². The van der Waals surface area contributed by atoms with Crippen LogP contribution < -0.4 is 4.90 Å². The number of likely N-dealkylation sites (N-methyl/N-ethyl adjacent to an activating group) is 1. The molecule has 0 saturated carbocycles. The molecule has 24 heavy (non-hydrogen) atoms. The number of anilines is 1. The summed E-state index contributed by atoms with van der Waals surface area (Å²) in [6.45, 7) is 6.77. The highest BCUT2D eigenvalue weighted by atomic mass is 16.2. The van der Waals surface area contributed by atoms with Crippen molar-refractivity contribution in [3.63, 3.8) is 0 Å². The summed E-state index contributed by atoms with van der Waals surface area (Å²) in [6, 6.07) is 0.00181. The van der Waals surface area contributed by atoms with Gasteiger partial charge in [-0.05, 0) is 19.3 Å². The second-order valence-electron chi connectivity index (χ2n) is 6.97. The maximum Gasteiger partial charge on any atom is 0.239 e. The lowest BCUT2D eigenvalue weighted by molar-refractivity contribution is -0.140. The Hall–Kier alpha value is -1.69. The number of unbranched alkanes of at least 4 members (excludes halogenated alkanes) is 1. The molecule has 2 fully saturated rings. The molecule has 1 atom stereocenters. The number of piperazine rings is 1. The molecule has 1 amide bonds. The summed E-state index contributed by atoms with van der Waals surface area (Å²) >= 11 is 0. The van der Waals surface area contributed by atoms with E-state index in [9.17, 15) is 4.79 Å². The Morgan fingerprint density at radius 3 is 2.50 bits per heavy atom. The molecule has 0 N–H and O–H groups in total. The number of hydrogen-bond acceptors (Lipinski definition) is 5. The summed E-state index contributed by atoms with van der Waals surface area (Å²) in [6.07, 6.45) is 9.47. The number of rotatable bonds is 6. The van der Waals surface area contributed by atoms with Gasteiger partial charge in [0.1, 0.15) is 0 Å². The lowest BCUT2D eigenvalue weighted by Gasteiger charge is -2.39. The van der Waals surface area contributed by atoms with Gasteiger partial charge in [0.05, 0.1) is 6.04 Å². The van der Waals surface area contributed by atoms with Crippen LogP contribution in [0.4, 0.5) is 5.95 Å². The minimum atomic E-state index is 0.00181. The topological polar surface area (TPSA) is 52.6 Å². The zero-order chi connectivity index (χ0) is 16.9. The Bertz CT molecular complexity index is 541. The van der Waals surface area contributed by atoms with E-state index in [4.69, 9.17) is 0 Å². The van der Waals surface area contributed by atoms with Gasteiger partial charge in [0.2, 0.25) is 11.9 Å². The predicted octanol–water partition coefficient (Wildman–Crippen LogP) is 1.91. The van der Waals surface area contributed by atoms with Crippen molar-refractivity contribution in [3.05, 3.63) is 18.0 Å². The summed E-state index contributed by atoms with van der Waals surface area (Å²) in [4.78, 5) is 28.0. The van der Waals surface area contributed by atoms with Crippen molar-refractivity contribution >= 4 is 11.9 Å². The maximum absolute atomic E-state index is 12.5. The van der Waals surface area contributed by atoms with Crippen molar-refractivity contribution in [1.82, 2.24) is 19.8 Å². The molecule has 3 rings (SSSR count). The summed E-state index contributed by atoms with van der Waals surface area (Å²) in [5, 5.41) is 0. The van der Waals surface area contributed by atoms with Crippen molar-refractivity contribution in [2.45, 2.75) is 51.6 Å². The van der Waals surface area contributed by atoms with E-state index in [0.29, 0.717) is 0 Å². The molecule has 0 aliphatic carbocycles. The minimum absolute atomic E-state index is 0.00181. The lowest BCUT2D eigenvalue weighted by atomic mass is 10.0. The van der Waals surface area contributed by atoms with Crippen LogP contribution in [0.25, 0.3) is 0 Å². The highest BCUT2D eigenvalue weighted by Crippen LogP contribution is 2.20.